The lowest BCUT2D eigenvalue weighted by Crippen LogP contribution is -2.31. The summed E-state index contributed by atoms with van der Waals surface area (Å²) in [6.07, 6.45) is 0. The van der Waals surface area contributed by atoms with Crippen molar-refractivity contribution in [3.8, 4) is 0 Å². The van der Waals surface area contributed by atoms with Gasteiger partial charge in [0.05, 0.1) is 21.8 Å². The van der Waals surface area contributed by atoms with Crippen LogP contribution in [0.1, 0.15) is 11.1 Å². The van der Waals surface area contributed by atoms with Crippen molar-refractivity contribution >= 4 is 51.0 Å². The number of benzodiazepines with no additional fused rings is 1. The van der Waals surface area contributed by atoms with E-state index in [1.54, 1.807) is 18.0 Å². The van der Waals surface area contributed by atoms with Crippen LogP contribution in [0.15, 0.2) is 42.5 Å². The van der Waals surface area contributed by atoms with Crippen LogP contribution in [0.5, 0.6) is 0 Å². The molecule has 0 aliphatic carbocycles. The van der Waals surface area contributed by atoms with Gasteiger partial charge >= 0.3 is 0 Å². The van der Waals surface area contributed by atoms with Crippen LogP contribution in [0.25, 0.3) is 0 Å². The zero-order valence-electron chi connectivity index (χ0n) is 14.3. The summed E-state index contributed by atoms with van der Waals surface area (Å²) in [5, 5.41) is 1.27. The molecule has 0 saturated heterocycles. The number of hydrogen-bond donors (Lipinski definition) is 0. The molecule has 3 rings (SSSR count). The summed E-state index contributed by atoms with van der Waals surface area (Å²) >= 11 is 12.6. The van der Waals surface area contributed by atoms with Crippen molar-refractivity contribution in [2.45, 2.75) is 0 Å². The van der Waals surface area contributed by atoms with E-state index in [1.165, 1.54) is 0 Å². The second-order valence-electron chi connectivity index (χ2n) is 5.69. The van der Waals surface area contributed by atoms with Crippen LogP contribution in [-0.2, 0) is 15.3 Å². The molecule has 0 unspecified atom stereocenters. The topological polar surface area (TPSA) is 80.5 Å². The number of hydrogen-bond acceptors (Lipinski definition) is 4. The van der Waals surface area contributed by atoms with Crippen molar-refractivity contribution in [1.82, 2.24) is 0 Å². The molecule has 1 aliphatic heterocycles. The maximum atomic E-state index is 12.3. The van der Waals surface area contributed by atoms with Gasteiger partial charge in [-0.3, -0.25) is 4.79 Å². The molecule has 27 heavy (non-hydrogen) atoms. The third kappa shape index (κ3) is 5.49. The van der Waals surface area contributed by atoms with Gasteiger partial charge in [0.15, 0.2) is 0 Å². The van der Waals surface area contributed by atoms with Gasteiger partial charge in [0.2, 0.25) is 12.3 Å². The number of amides is 1. The molecular weight excluding hydrogens is 418 g/mol. The lowest BCUT2D eigenvalue weighted by atomic mass is 10.00. The highest BCUT2D eigenvalue weighted by molar-refractivity contribution is 7.80. The minimum absolute atomic E-state index is 0.0214. The first-order chi connectivity index (χ1) is 12.5. The Morgan fingerprint density at radius 2 is 1.74 bits per heavy atom. The van der Waals surface area contributed by atoms with E-state index >= 15 is 0 Å². The number of rotatable bonds is 1. The number of nitrogens with zero attached hydrogens (tertiary/aromatic N) is 2. The summed E-state index contributed by atoms with van der Waals surface area (Å²) in [4.78, 5) is 14.0. The molecule has 6 nitrogen and oxygen atoms in total. The van der Waals surface area contributed by atoms with E-state index in [9.17, 15) is 8.68 Å². The van der Waals surface area contributed by atoms with Crippen LogP contribution in [-0.4, -0.2) is 49.8 Å². The van der Waals surface area contributed by atoms with Crippen molar-refractivity contribution in [1.29, 1.82) is 0 Å². The number of likely N-dealkylation sites (N-methyl/N-ethyl adjacent to an activating group) is 2. The second-order valence-corrected chi connectivity index (χ2v) is 7.32. The van der Waals surface area contributed by atoms with E-state index < -0.39 is 10.5 Å². The molecule has 0 spiro atoms. The summed E-state index contributed by atoms with van der Waals surface area (Å²) < 4.78 is 37.3. The third-order valence-electron chi connectivity index (χ3n) is 3.83. The predicted molar refractivity (Wildman–Crippen MR) is 101 cm³/mol. The van der Waals surface area contributed by atoms with Gasteiger partial charge in [0.25, 0.3) is 16.4 Å². The number of carbonyl (C=O) groups is 1. The zero-order valence-corrected chi connectivity index (χ0v) is 16.6. The maximum absolute atomic E-state index is 12.3. The average Bonchev–Trinajstić information content (AvgIpc) is 2.62. The van der Waals surface area contributed by atoms with E-state index in [0.29, 0.717) is 10.0 Å². The highest BCUT2D eigenvalue weighted by Crippen LogP contribution is 2.30. The summed E-state index contributed by atoms with van der Waals surface area (Å²) in [7, 11) is -1.75. The van der Waals surface area contributed by atoms with Gasteiger partial charge in [-0.25, -0.2) is 13.0 Å². The number of benzene rings is 2. The van der Waals surface area contributed by atoms with E-state index in [0.717, 1.165) is 22.5 Å². The minimum atomic E-state index is -5.42. The van der Waals surface area contributed by atoms with Crippen molar-refractivity contribution < 1.29 is 26.2 Å². The smallest absolute Gasteiger partial charge is 0.292 e. The molecule has 0 aromatic heterocycles. The molecule has 2 aromatic carbocycles. The number of anilines is 1. The standard InChI is InChI=1S/C17H15Cl2N2O.FHO3S/c1-20-10-16(22)21(2)15-8-7-11(18)9-13(15)17(20)12-5-3-4-6-14(12)19;1-5(2,3)4/h3-9H,10H2,1-2H3;(H,2,3,4)/q+1;/p-1. The van der Waals surface area contributed by atoms with Crippen LogP contribution in [0.2, 0.25) is 10.0 Å². The average molecular weight is 433 g/mol. The highest BCUT2D eigenvalue weighted by atomic mass is 35.5. The quantitative estimate of drug-likeness (QED) is 0.394. The number of carbonyl (C=O) groups excluding carboxylic acids is 1. The van der Waals surface area contributed by atoms with Crippen molar-refractivity contribution in [2.24, 2.45) is 0 Å². The summed E-state index contributed by atoms with van der Waals surface area (Å²) in [6, 6.07) is 13.2. The molecule has 0 N–H and O–H groups in total. The van der Waals surface area contributed by atoms with Crippen LogP contribution in [0, 0.1) is 0 Å². The molecular formula is C17H15Cl2FN2O4S. The van der Waals surface area contributed by atoms with Gasteiger partial charge in [0, 0.05) is 12.1 Å². The highest BCUT2D eigenvalue weighted by Gasteiger charge is 2.31. The fourth-order valence-electron chi connectivity index (χ4n) is 2.72. The fraction of sp³-hybridized carbons (Fsp3) is 0.176. The molecule has 144 valence electrons. The Morgan fingerprint density at radius 3 is 2.33 bits per heavy atom. The van der Waals surface area contributed by atoms with Crippen molar-refractivity contribution in [3.05, 3.63) is 63.6 Å². The van der Waals surface area contributed by atoms with Gasteiger partial charge < -0.3 is 9.45 Å². The first-order valence-electron chi connectivity index (χ1n) is 7.54. The Balaban J connectivity index is 0.000000465. The Hall–Kier alpha value is -2.00. The predicted octanol–water partition coefficient (Wildman–Crippen LogP) is 2.87. The Bertz CT molecular complexity index is 1020. The maximum Gasteiger partial charge on any atom is 0.292 e. The molecule has 0 fully saturated rings. The lowest BCUT2D eigenvalue weighted by Gasteiger charge is -2.16. The van der Waals surface area contributed by atoms with E-state index in [-0.39, 0.29) is 12.5 Å². The van der Waals surface area contributed by atoms with Gasteiger partial charge in [-0.05, 0) is 30.3 Å². The Labute approximate surface area is 166 Å². The number of halogens is 3. The summed E-state index contributed by atoms with van der Waals surface area (Å²) in [5.41, 5.74) is 3.52. The largest absolute Gasteiger partial charge is 0.722 e. The first kappa shape index (κ1) is 21.3. The lowest BCUT2D eigenvalue weighted by molar-refractivity contribution is -0.483. The van der Waals surface area contributed by atoms with E-state index in [1.807, 2.05) is 48.0 Å². The van der Waals surface area contributed by atoms with Crippen molar-refractivity contribution in [2.75, 3.05) is 25.5 Å². The van der Waals surface area contributed by atoms with E-state index in [4.69, 9.17) is 36.2 Å². The minimum Gasteiger partial charge on any atom is -0.722 e. The molecule has 2 aromatic rings. The zero-order chi connectivity index (χ0) is 20.4. The number of fused-ring (bicyclic) bond motifs is 1. The molecule has 0 saturated carbocycles. The normalized spacial score (nSPS) is 14.3. The van der Waals surface area contributed by atoms with Crippen LogP contribution in [0.4, 0.5) is 9.57 Å². The monoisotopic (exact) mass is 432 g/mol. The van der Waals surface area contributed by atoms with Gasteiger partial charge in [-0.2, -0.15) is 0 Å². The molecule has 1 heterocycles. The molecule has 1 aliphatic rings. The summed E-state index contributed by atoms with van der Waals surface area (Å²) in [5.74, 6) is 0.0214. The van der Waals surface area contributed by atoms with Gasteiger partial charge in [-0.15, -0.1) is 3.89 Å². The van der Waals surface area contributed by atoms with Crippen LogP contribution >= 0.6 is 23.2 Å². The first-order valence-corrected chi connectivity index (χ1v) is 9.60. The fourth-order valence-corrected chi connectivity index (χ4v) is 3.12. The molecule has 0 bridgehead atoms. The van der Waals surface area contributed by atoms with Gasteiger partial charge in [-0.1, -0.05) is 35.3 Å². The second kappa shape index (κ2) is 8.35. The third-order valence-corrected chi connectivity index (χ3v) is 4.40. The van der Waals surface area contributed by atoms with Crippen LogP contribution in [0.3, 0.4) is 0 Å². The summed E-state index contributed by atoms with van der Waals surface area (Å²) in [6.45, 7) is 0.281. The molecule has 0 radical (unpaired) electrons. The SMILES string of the molecule is CN1C(=O)C[N+](C)=C(c2ccccc2Cl)c2cc(Cl)ccc21.O=S(=O)([O-])F. The molecule has 10 heteroatoms. The molecule has 1 amide bonds. The van der Waals surface area contributed by atoms with Gasteiger partial charge in [0.1, 0.15) is 7.05 Å². The molecule has 0 atom stereocenters. The Kier molecular flexibility index (Phi) is 6.59. The Morgan fingerprint density at radius 1 is 1.15 bits per heavy atom. The van der Waals surface area contributed by atoms with Crippen LogP contribution < -0.4 is 4.90 Å². The van der Waals surface area contributed by atoms with Crippen molar-refractivity contribution in [3.63, 3.8) is 0 Å². The van der Waals surface area contributed by atoms with E-state index in [2.05, 4.69) is 0 Å².